The molecule has 0 spiro atoms. The van der Waals surface area contributed by atoms with Crippen molar-refractivity contribution < 1.29 is 42.1 Å². The van der Waals surface area contributed by atoms with Gasteiger partial charge in [-0.05, 0) is 59.2 Å². The van der Waals surface area contributed by atoms with E-state index in [-0.39, 0.29) is 6.61 Å². The Balaban J connectivity index is 2.45. The molecule has 226 valence electrons. The van der Waals surface area contributed by atoms with Crippen LogP contribution in [0.25, 0.3) is 0 Å². The Morgan fingerprint density at radius 3 is 1.90 bits per heavy atom. The van der Waals surface area contributed by atoms with Crippen molar-refractivity contribution >= 4 is 37.1 Å². The Morgan fingerprint density at radius 2 is 1.41 bits per heavy atom. The molecule has 2 rings (SSSR count). The molecule has 0 aliphatic heterocycles. The van der Waals surface area contributed by atoms with Crippen LogP contribution in [0.4, 0.5) is 4.79 Å². The van der Waals surface area contributed by atoms with Crippen molar-refractivity contribution in [1.29, 1.82) is 0 Å². The minimum absolute atomic E-state index is 0.0390. The summed E-state index contributed by atoms with van der Waals surface area (Å²) < 4.78 is 48.5. The molecule has 0 heterocycles. The third kappa shape index (κ3) is 11.8. The number of thiocarbonyl (C=S) groups is 1. The van der Waals surface area contributed by atoms with Crippen molar-refractivity contribution in [2.24, 2.45) is 5.92 Å². The fourth-order valence-corrected chi connectivity index (χ4v) is 6.66. The minimum atomic E-state index is -4.29. The van der Waals surface area contributed by atoms with Crippen molar-refractivity contribution in [3.05, 3.63) is 66.2 Å². The van der Waals surface area contributed by atoms with Gasteiger partial charge >= 0.3 is 24.9 Å². The van der Waals surface area contributed by atoms with E-state index in [0.29, 0.717) is 5.75 Å². The number of amides is 1. The maximum Gasteiger partial charge on any atom is 0.408 e. The summed E-state index contributed by atoms with van der Waals surface area (Å²) in [6, 6.07) is 16.2. The molecule has 0 bridgehead atoms. The Labute approximate surface area is 247 Å². The van der Waals surface area contributed by atoms with E-state index < -0.39 is 53.9 Å². The second kappa shape index (κ2) is 14.8. The Kier molecular flexibility index (Phi) is 12.3. The van der Waals surface area contributed by atoms with Crippen LogP contribution in [0.2, 0.25) is 0 Å². The largest absolute Gasteiger partial charge is 0.467 e. The third-order valence-corrected chi connectivity index (χ3v) is 8.18. The van der Waals surface area contributed by atoms with Gasteiger partial charge in [-0.2, -0.15) is 0 Å². The normalized spacial score (nSPS) is 14.2. The van der Waals surface area contributed by atoms with Gasteiger partial charge in [0.25, 0.3) is 0 Å². The molecule has 1 N–H and O–H groups in total. The average Bonchev–Trinajstić information content (AvgIpc) is 2.87. The second-order valence-corrected chi connectivity index (χ2v) is 13.5. The lowest BCUT2D eigenvalue weighted by molar-refractivity contribution is -0.145. The van der Waals surface area contributed by atoms with Gasteiger partial charge in [0, 0.05) is 18.1 Å². The number of ether oxygens (including phenoxy) is 4. The zero-order chi connectivity index (χ0) is 30.8. The van der Waals surface area contributed by atoms with E-state index in [1.54, 1.807) is 96.1 Å². The van der Waals surface area contributed by atoms with Gasteiger partial charge in [-0.25, -0.2) is 9.59 Å². The third-order valence-electron chi connectivity index (χ3n) is 5.19. The first-order valence-electron chi connectivity index (χ1n) is 13.0. The lowest BCUT2D eigenvalue weighted by atomic mass is 10.0. The smallest absolute Gasteiger partial charge is 0.408 e. The van der Waals surface area contributed by atoms with Gasteiger partial charge in [0.1, 0.15) is 18.4 Å². The van der Waals surface area contributed by atoms with Gasteiger partial charge in [-0.15, -0.1) is 0 Å². The van der Waals surface area contributed by atoms with Crippen LogP contribution in [0, 0.1) is 5.92 Å². The number of benzene rings is 2. The summed E-state index contributed by atoms with van der Waals surface area (Å²) in [5.74, 6) is -3.06. The molecule has 0 aliphatic rings. The first-order valence-corrected chi connectivity index (χ1v) is 15.0. The lowest BCUT2D eigenvalue weighted by Crippen LogP contribution is -2.50. The quantitative estimate of drug-likeness (QED) is 0.169. The summed E-state index contributed by atoms with van der Waals surface area (Å²) in [5.41, 5.74) is -1.18. The molecule has 3 atom stereocenters. The Hall–Kier alpha value is -2.98. The topological polar surface area (TPSA) is 119 Å². The van der Waals surface area contributed by atoms with E-state index in [1.807, 2.05) is 6.07 Å². The van der Waals surface area contributed by atoms with Crippen LogP contribution in [-0.2, 0) is 39.2 Å². The Bertz CT molecular complexity index is 1180. The van der Waals surface area contributed by atoms with Gasteiger partial charge in [-0.3, -0.25) is 4.57 Å². The molecule has 0 radical (unpaired) electrons. The first-order chi connectivity index (χ1) is 19.0. The number of para-hydroxylation sites is 1. The molecule has 1 amide bonds. The van der Waals surface area contributed by atoms with E-state index in [9.17, 15) is 14.2 Å². The average molecular weight is 610 g/mol. The standard InChI is InChI=1S/C29H40NO9PS/c1-20(23(24(31)34-8)30-26(32)35-19-21-15-11-9-12-16-21)25(37-27(41)36-22-17-13-10-14-18-22)40(33,38-28(2,3)4)39-29(5,6)7/h9-18,20,23,25H,19H2,1-8H3,(H,30,32)/t20-,23+,25?/m1/s1. The fraction of sp³-hybridized carbons (Fsp3) is 0.483. The van der Waals surface area contributed by atoms with E-state index in [2.05, 4.69) is 5.32 Å². The van der Waals surface area contributed by atoms with Gasteiger partial charge < -0.3 is 33.3 Å². The molecule has 2 aromatic carbocycles. The monoisotopic (exact) mass is 609 g/mol. The highest BCUT2D eigenvalue weighted by Gasteiger charge is 2.51. The van der Waals surface area contributed by atoms with E-state index >= 15 is 0 Å². The molecule has 0 aromatic heterocycles. The highest BCUT2D eigenvalue weighted by molar-refractivity contribution is 7.79. The molecule has 12 heteroatoms. The Morgan fingerprint density at radius 1 is 0.902 bits per heavy atom. The maximum atomic E-state index is 14.6. The molecule has 10 nitrogen and oxygen atoms in total. The van der Waals surface area contributed by atoms with Crippen LogP contribution in [-0.4, -0.2) is 47.5 Å². The number of carbonyl (C=O) groups is 2. The molecule has 2 aromatic rings. The number of methoxy groups -OCH3 is 1. The number of esters is 1. The number of carbonyl (C=O) groups excluding carboxylic acids is 2. The highest BCUT2D eigenvalue weighted by atomic mass is 32.1. The van der Waals surface area contributed by atoms with Crippen LogP contribution in [0.15, 0.2) is 60.7 Å². The van der Waals surface area contributed by atoms with Gasteiger partial charge in [-0.1, -0.05) is 55.5 Å². The van der Waals surface area contributed by atoms with Crippen molar-refractivity contribution in [3.8, 4) is 5.75 Å². The number of hydrogen-bond acceptors (Lipinski definition) is 10. The maximum absolute atomic E-state index is 14.6. The van der Waals surface area contributed by atoms with Gasteiger partial charge in [0.2, 0.25) is 5.85 Å². The molecule has 41 heavy (non-hydrogen) atoms. The summed E-state index contributed by atoms with van der Waals surface area (Å²) in [5, 5.41) is 2.12. The molecule has 0 aliphatic carbocycles. The molecule has 1 unspecified atom stereocenters. The molecular weight excluding hydrogens is 569 g/mol. The molecule has 0 saturated heterocycles. The first kappa shape index (κ1) is 34.2. The van der Waals surface area contributed by atoms with Gasteiger partial charge in [0.15, 0.2) is 0 Å². The van der Waals surface area contributed by atoms with Crippen molar-refractivity contribution in [1.82, 2.24) is 5.32 Å². The van der Waals surface area contributed by atoms with Crippen molar-refractivity contribution in [2.75, 3.05) is 7.11 Å². The van der Waals surface area contributed by atoms with Crippen LogP contribution < -0.4 is 10.1 Å². The molecule has 0 saturated carbocycles. The fourth-order valence-electron chi connectivity index (χ4n) is 3.64. The predicted octanol–water partition coefficient (Wildman–Crippen LogP) is 6.62. The predicted molar refractivity (Wildman–Crippen MR) is 159 cm³/mol. The molecular formula is C29H40NO9PS. The van der Waals surface area contributed by atoms with E-state index in [0.717, 1.165) is 12.7 Å². The van der Waals surface area contributed by atoms with Gasteiger partial charge in [0.05, 0.1) is 18.3 Å². The number of alkyl carbamates (subject to hydrolysis) is 1. The summed E-state index contributed by atoms with van der Waals surface area (Å²) in [6.07, 6.45) is -0.902. The number of rotatable bonds is 11. The minimum Gasteiger partial charge on any atom is -0.467 e. The SMILES string of the molecule is COC(=O)[C@@H](NC(=O)OCc1ccccc1)[C@@H](C)C(OC(=S)Oc1ccccc1)P(=O)(OC(C)(C)C)OC(C)(C)C. The van der Waals surface area contributed by atoms with E-state index in [4.69, 9.17) is 40.2 Å². The van der Waals surface area contributed by atoms with E-state index in [1.165, 1.54) is 6.92 Å². The zero-order valence-corrected chi connectivity index (χ0v) is 26.5. The lowest BCUT2D eigenvalue weighted by Gasteiger charge is -2.39. The second-order valence-electron chi connectivity index (χ2n) is 11.2. The van der Waals surface area contributed by atoms with Crippen LogP contribution in [0.5, 0.6) is 5.75 Å². The number of hydrogen-bond donors (Lipinski definition) is 1. The highest BCUT2D eigenvalue weighted by Crippen LogP contribution is 2.61. The van der Waals surface area contributed by atoms with Crippen LogP contribution in [0.1, 0.15) is 54.0 Å². The molecule has 0 fully saturated rings. The van der Waals surface area contributed by atoms with Crippen LogP contribution >= 0.6 is 19.8 Å². The summed E-state index contributed by atoms with van der Waals surface area (Å²) >= 11 is 5.34. The zero-order valence-electron chi connectivity index (χ0n) is 24.7. The summed E-state index contributed by atoms with van der Waals surface area (Å²) in [4.78, 5) is 25.7. The van der Waals surface area contributed by atoms with Crippen molar-refractivity contribution in [3.63, 3.8) is 0 Å². The summed E-state index contributed by atoms with van der Waals surface area (Å²) in [6.45, 7) is 11.7. The van der Waals surface area contributed by atoms with Crippen LogP contribution in [0.3, 0.4) is 0 Å². The summed E-state index contributed by atoms with van der Waals surface area (Å²) in [7, 11) is -3.13. The number of nitrogens with one attached hydrogen (secondary N) is 1. The van der Waals surface area contributed by atoms with Crippen molar-refractivity contribution in [2.45, 2.75) is 78.2 Å².